The molecule has 1 aliphatic rings. The van der Waals surface area contributed by atoms with Crippen molar-refractivity contribution in [3.8, 4) is 0 Å². The second kappa shape index (κ2) is 12.1. The zero-order valence-corrected chi connectivity index (χ0v) is 20.5. The highest BCUT2D eigenvalue weighted by Crippen LogP contribution is 2.39. The fraction of sp³-hybridized carbons (Fsp3) is 0.308. The summed E-state index contributed by atoms with van der Waals surface area (Å²) in [7, 11) is 3.35. The molecule has 0 aromatic heterocycles. The number of nitro benzene ring substituents is 1. The van der Waals surface area contributed by atoms with Crippen molar-refractivity contribution in [2.45, 2.75) is 19.4 Å². The Morgan fingerprint density at radius 1 is 1.17 bits per heavy atom. The molecule has 0 saturated heterocycles. The van der Waals surface area contributed by atoms with Crippen LogP contribution >= 0.6 is 0 Å². The van der Waals surface area contributed by atoms with E-state index in [1.807, 2.05) is 42.3 Å². The Kier molecular flexibility index (Phi) is 8.93. The minimum Gasteiger partial charge on any atom is -0.461 e. The van der Waals surface area contributed by atoms with Crippen LogP contribution in [0.3, 0.4) is 0 Å². The molecule has 3 N–H and O–H groups in total. The van der Waals surface area contributed by atoms with Crippen LogP contribution in [0, 0.1) is 10.1 Å². The molecule has 1 atom stereocenters. The zero-order chi connectivity index (χ0) is 26.2. The predicted octanol–water partition coefficient (Wildman–Crippen LogP) is 2.22. The van der Waals surface area contributed by atoms with Gasteiger partial charge < -0.3 is 20.5 Å². The molecule has 1 aliphatic heterocycles. The minimum atomic E-state index is -0.970. The van der Waals surface area contributed by atoms with Crippen molar-refractivity contribution in [2.75, 3.05) is 33.9 Å². The minimum absolute atomic E-state index is 0.0965. The van der Waals surface area contributed by atoms with Gasteiger partial charge in [-0.1, -0.05) is 42.5 Å². The van der Waals surface area contributed by atoms with Crippen molar-refractivity contribution in [3.05, 3.63) is 98.4 Å². The number of aliphatic hydroxyl groups is 1. The van der Waals surface area contributed by atoms with E-state index in [9.17, 15) is 24.8 Å². The maximum atomic E-state index is 13.3. The Hall–Kier alpha value is -4.02. The van der Waals surface area contributed by atoms with E-state index >= 15 is 0 Å². The fourth-order valence-electron chi connectivity index (χ4n) is 4.19. The average Bonchev–Trinajstić information content (AvgIpc) is 2.87. The van der Waals surface area contributed by atoms with Crippen molar-refractivity contribution in [2.24, 2.45) is 0 Å². The number of nitro groups is 1. The van der Waals surface area contributed by atoms with E-state index in [1.165, 1.54) is 25.2 Å². The first-order valence-corrected chi connectivity index (χ1v) is 11.4. The predicted molar refractivity (Wildman–Crippen MR) is 134 cm³/mol. The fourth-order valence-corrected chi connectivity index (χ4v) is 4.19. The summed E-state index contributed by atoms with van der Waals surface area (Å²) in [5.74, 6) is -2.14. The van der Waals surface area contributed by atoms with Gasteiger partial charge >= 0.3 is 5.97 Å². The first-order chi connectivity index (χ1) is 17.3. The van der Waals surface area contributed by atoms with Crippen LogP contribution in [0.1, 0.15) is 24.0 Å². The van der Waals surface area contributed by atoms with Crippen LogP contribution in [0.25, 0.3) is 0 Å². The summed E-state index contributed by atoms with van der Waals surface area (Å²) >= 11 is 0. The molecule has 2 aromatic rings. The van der Waals surface area contributed by atoms with Gasteiger partial charge in [-0.2, -0.15) is 0 Å². The van der Waals surface area contributed by atoms with Crippen molar-refractivity contribution in [3.63, 3.8) is 0 Å². The molecule has 10 heteroatoms. The highest BCUT2D eigenvalue weighted by molar-refractivity contribution is 6.02. The van der Waals surface area contributed by atoms with E-state index in [2.05, 4.69) is 10.6 Å². The average molecular weight is 495 g/mol. The van der Waals surface area contributed by atoms with Gasteiger partial charge in [0.05, 0.1) is 34.3 Å². The van der Waals surface area contributed by atoms with Crippen LogP contribution in [-0.4, -0.2) is 60.7 Å². The Bertz CT molecular complexity index is 1190. The van der Waals surface area contributed by atoms with E-state index in [-0.39, 0.29) is 29.1 Å². The lowest BCUT2D eigenvalue weighted by Gasteiger charge is -2.31. The summed E-state index contributed by atoms with van der Waals surface area (Å²) in [6.45, 7) is 2.41. The Balaban J connectivity index is 1.87. The van der Waals surface area contributed by atoms with Crippen molar-refractivity contribution < 1.29 is 24.4 Å². The summed E-state index contributed by atoms with van der Waals surface area (Å²) in [4.78, 5) is 39.0. The number of amides is 1. The van der Waals surface area contributed by atoms with Gasteiger partial charge in [0.1, 0.15) is 6.61 Å². The number of nitrogens with one attached hydrogen (secondary N) is 2. The van der Waals surface area contributed by atoms with Gasteiger partial charge in [-0.15, -0.1) is 0 Å². The van der Waals surface area contributed by atoms with Crippen molar-refractivity contribution in [1.82, 2.24) is 15.5 Å². The van der Waals surface area contributed by atoms with Gasteiger partial charge in [-0.25, -0.2) is 4.79 Å². The molecule has 3 rings (SSSR count). The molecule has 0 bridgehead atoms. The molecule has 1 amide bonds. The number of allylic oxidation sites excluding steroid dienone is 1. The summed E-state index contributed by atoms with van der Waals surface area (Å²) in [6.07, 6.45) is 0. The van der Waals surface area contributed by atoms with E-state index in [0.717, 1.165) is 5.56 Å². The first-order valence-electron chi connectivity index (χ1n) is 11.4. The van der Waals surface area contributed by atoms with E-state index < -0.39 is 29.3 Å². The first kappa shape index (κ1) is 26.6. The Morgan fingerprint density at radius 2 is 1.89 bits per heavy atom. The monoisotopic (exact) mass is 494 g/mol. The third-order valence-corrected chi connectivity index (χ3v) is 5.91. The number of hydrogen-bond donors (Lipinski definition) is 3. The highest BCUT2D eigenvalue weighted by atomic mass is 16.6. The number of hydrogen-bond acceptors (Lipinski definition) is 8. The molecule has 0 spiro atoms. The second-order valence-electron chi connectivity index (χ2n) is 8.44. The van der Waals surface area contributed by atoms with Crippen LogP contribution in [0.2, 0.25) is 0 Å². The Labute approximate surface area is 209 Å². The quantitative estimate of drug-likeness (QED) is 0.260. The van der Waals surface area contributed by atoms with Crippen molar-refractivity contribution in [1.29, 1.82) is 0 Å². The van der Waals surface area contributed by atoms with Crippen LogP contribution in [0.15, 0.2) is 77.1 Å². The standard InChI is InChI=1S/C26H30N4O6/c1-17-22(26(33)36-13-12-29(3)15-18-8-5-4-6-9-18)23(19-10-7-11-20(14-19)30(34)35)24(25(32)27-2)21(16-31)28-17/h4-11,14,23,28,31H,12-13,15-16H2,1-3H3,(H,27,32). The molecule has 190 valence electrons. The molecule has 0 saturated carbocycles. The maximum Gasteiger partial charge on any atom is 0.336 e. The molecule has 36 heavy (non-hydrogen) atoms. The van der Waals surface area contributed by atoms with Gasteiger partial charge in [0.2, 0.25) is 5.91 Å². The van der Waals surface area contributed by atoms with Gasteiger partial charge in [0.25, 0.3) is 5.69 Å². The van der Waals surface area contributed by atoms with Crippen LogP contribution in [-0.2, 0) is 20.9 Å². The van der Waals surface area contributed by atoms with Crippen molar-refractivity contribution >= 4 is 17.6 Å². The third-order valence-electron chi connectivity index (χ3n) is 5.91. The highest BCUT2D eigenvalue weighted by Gasteiger charge is 2.38. The Morgan fingerprint density at radius 3 is 2.53 bits per heavy atom. The molecule has 1 unspecified atom stereocenters. The number of rotatable bonds is 10. The number of likely N-dealkylation sites (N-methyl/N-ethyl adjacent to an activating group) is 2. The summed E-state index contributed by atoms with van der Waals surface area (Å²) in [6, 6.07) is 15.6. The number of carbonyl (C=O) groups is 2. The number of dihydropyridines is 1. The summed E-state index contributed by atoms with van der Waals surface area (Å²) in [5.41, 5.74) is 2.16. The molecule has 0 radical (unpaired) electrons. The van der Waals surface area contributed by atoms with E-state index in [4.69, 9.17) is 4.74 Å². The molecule has 0 aliphatic carbocycles. The van der Waals surface area contributed by atoms with E-state index in [0.29, 0.717) is 24.4 Å². The van der Waals surface area contributed by atoms with Crippen LogP contribution in [0.5, 0.6) is 0 Å². The lowest BCUT2D eigenvalue weighted by Crippen LogP contribution is -2.37. The lowest BCUT2D eigenvalue weighted by atomic mass is 9.79. The molecule has 10 nitrogen and oxygen atoms in total. The summed E-state index contributed by atoms with van der Waals surface area (Å²) < 4.78 is 5.59. The topological polar surface area (TPSA) is 134 Å². The van der Waals surface area contributed by atoms with Gasteiger partial charge in [0.15, 0.2) is 0 Å². The van der Waals surface area contributed by atoms with Gasteiger partial charge in [-0.05, 0) is 25.1 Å². The van der Waals surface area contributed by atoms with Crippen LogP contribution < -0.4 is 10.6 Å². The number of non-ortho nitro benzene ring substituents is 1. The summed E-state index contributed by atoms with van der Waals surface area (Å²) in [5, 5.41) is 26.8. The SMILES string of the molecule is CNC(=O)C1=C(CO)NC(C)=C(C(=O)OCCN(C)Cc2ccccc2)C1c1cccc([N+](=O)[O-])c1. The molecule has 0 fully saturated rings. The molecule has 2 aromatic carbocycles. The van der Waals surface area contributed by atoms with Gasteiger partial charge in [-0.3, -0.25) is 19.8 Å². The van der Waals surface area contributed by atoms with E-state index in [1.54, 1.807) is 13.0 Å². The smallest absolute Gasteiger partial charge is 0.336 e. The van der Waals surface area contributed by atoms with Gasteiger partial charge in [0, 0.05) is 38.0 Å². The lowest BCUT2D eigenvalue weighted by molar-refractivity contribution is -0.384. The number of aliphatic hydroxyl groups excluding tert-OH is 1. The second-order valence-corrected chi connectivity index (χ2v) is 8.44. The largest absolute Gasteiger partial charge is 0.461 e. The molecular formula is C26H30N4O6. The molecular weight excluding hydrogens is 464 g/mol. The normalized spacial score (nSPS) is 15.5. The van der Waals surface area contributed by atoms with Crippen LogP contribution in [0.4, 0.5) is 5.69 Å². The maximum absolute atomic E-state index is 13.3. The number of esters is 1. The number of nitrogens with zero attached hydrogens (tertiary/aromatic N) is 2. The molecule has 1 heterocycles. The number of ether oxygens (including phenoxy) is 1. The number of carbonyl (C=O) groups excluding carboxylic acids is 2. The third kappa shape index (κ3) is 6.15. The zero-order valence-electron chi connectivity index (χ0n) is 20.5. The number of benzene rings is 2.